The van der Waals surface area contributed by atoms with Gasteiger partial charge in [-0.25, -0.2) is 13.6 Å². The van der Waals surface area contributed by atoms with E-state index in [1.807, 2.05) is 11.4 Å². The van der Waals surface area contributed by atoms with Crippen LogP contribution >= 0.6 is 22.7 Å². The van der Waals surface area contributed by atoms with Gasteiger partial charge in [0.15, 0.2) is 0 Å². The Morgan fingerprint density at radius 1 is 1.03 bits per heavy atom. The van der Waals surface area contributed by atoms with Gasteiger partial charge in [-0.05, 0) is 54.6 Å². The maximum atomic E-state index is 12.4. The number of carbonyl (C=O) groups is 2. The Balaban J connectivity index is 1.50. The van der Waals surface area contributed by atoms with Gasteiger partial charge >= 0.3 is 0 Å². The molecule has 2 aromatic heterocycles. The first-order chi connectivity index (χ1) is 14.3. The minimum Gasteiger partial charge on any atom is -0.347 e. The number of hydrogen-bond donors (Lipinski definition) is 3. The predicted octanol–water partition coefficient (Wildman–Crippen LogP) is 3.35. The maximum Gasteiger partial charge on any atom is 0.251 e. The van der Waals surface area contributed by atoms with Gasteiger partial charge in [0.2, 0.25) is 15.9 Å². The summed E-state index contributed by atoms with van der Waals surface area (Å²) < 4.78 is 22.7. The molecule has 0 aliphatic rings. The molecule has 3 aromatic rings. The van der Waals surface area contributed by atoms with Crippen molar-refractivity contribution in [3.05, 3.63) is 69.2 Å². The fourth-order valence-electron chi connectivity index (χ4n) is 2.72. The highest BCUT2D eigenvalue weighted by atomic mass is 32.2. The van der Waals surface area contributed by atoms with E-state index in [-0.39, 0.29) is 22.6 Å². The van der Waals surface area contributed by atoms with Crippen LogP contribution in [-0.2, 0) is 27.8 Å². The van der Waals surface area contributed by atoms with Gasteiger partial charge < -0.3 is 10.6 Å². The van der Waals surface area contributed by atoms with Gasteiger partial charge in [-0.3, -0.25) is 9.59 Å². The summed E-state index contributed by atoms with van der Waals surface area (Å²) in [4.78, 5) is 26.5. The Hall–Kier alpha value is -2.53. The molecular formula is C20H21N3O4S3. The van der Waals surface area contributed by atoms with E-state index < -0.39 is 10.0 Å². The average molecular weight is 464 g/mol. The molecule has 10 heteroatoms. The molecule has 0 spiro atoms. The highest BCUT2D eigenvalue weighted by molar-refractivity contribution is 7.91. The van der Waals surface area contributed by atoms with Crippen LogP contribution in [-0.4, -0.2) is 20.2 Å². The first-order valence-corrected chi connectivity index (χ1v) is 12.4. The van der Waals surface area contributed by atoms with Crippen molar-refractivity contribution in [2.45, 2.75) is 30.0 Å². The number of thiophene rings is 2. The topological polar surface area (TPSA) is 118 Å². The lowest BCUT2D eigenvalue weighted by molar-refractivity contribution is -0.116. The number of anilines is 1. The van der Waals surface area contributed by atoms with Crippen molar-refractivity contribution >= 4 is 50.2 Å². The van der Waals surface area contributed by atoms with Gasteiger partial charge in [-0.1, -0.05) is 12.1 Å². The van der Waals surface area contributed by atoms with E-state index in [9.17, 15) is 18.0 Å². The number of sulfonamides is 1. The normalized spacial score (nSPS) is 11.2. The van der Waals surface area contributed by atoms with E-state index in [4.69, 9.17) is 5.14 Å². The monoisotopic (exact) mass is 463 g/mol. The third kappa shape index (κ3) is 6.49. The Labute approximate surface area is 183 Å². The average Bonchev–Trinajstić information content (AvgIpc) is 3.38. The molecule has 4 N–H and O–H groups in total. The van der Waals surface area contributed by atoms with Crippen molar-refractivity contribution < 1.29 is 18.0 Å². The predicted molar refractivity (Wildman–Crippen MR) is 119 cm³/mol. The van der Waals surface area contributed by atoms with Crippen LogP contribution in [0.25, 0.3) is 0 Å². The van der Waals surface area contributed by atoms with Crippen LogP contribution in [0.15, 0.2) is 58.1 Å². The zero-order chi connectivity index (χ0) is 21.6. The molecule has 2 amide bonds. The van der Waals surface area contributed by atoms with Crippen LogP contribution in [0.3, 0.4) is 0 Å². The SMILES string of the molecule is NS(=O)(=O)c1ccc(CNC(=O)c2cccc(NC(=O)CCCc3cccs3)c2)s1. The van der Waals surface area contributed by atoms with Gasteiger partial charge in [-0.2, -0.15) is 0 Å². The van der Waals surface area contributed by atoms with E-state index >= 15 is 0 Å². The zero-order valence-corrected chi connectivity index (χ0v) is 18.4. The minimum absolute atomic E-state index is 0.0514. The molecule has 0 atom stereocenters. The molecular weight excluding hydrogens is 442 g/mol. The van der Waals surface area contributed by atoms with Crippen molar-refractivity contribution in [2.24, 2.45) is 5.14 Å². The lowest BCUT2D eigenvalue weighted by atomic mass is 10.1. The number of carbonyl (C=O) groups excluding carboxylic acids is 2. The number of nitrogens with two attached hydrogens (primary N) is 1. The molecule has 30 heavy (non-hydrogen) atoms. The molecule has 0 aliphatic carbocycles. The third-order valence-corrected chi connectivity index (χ3v) is 7.62. The van der Waals surface area contributed by atoms with Crippen molar-refractivity contribution in [1.82, 2.24) is 5.32 Å². The third-order valence-electron chi connectivity index (χ3n) is 4.16. The molecule has 2 heterocycles. The summed E-state index contributed by atoms with van der Waals surface area (Å²) in [5, 5.41) is 12.7. The molecule has 0 unspecified atom stereocenters. The van der Waals surface area contributed by atoms with Gasteiger partial charge in [0, 0.05) is 27.4 Å². The molecule has 0 fully saturated rings. The van der Waals surface area contributed by atoms with Gasteiger partial charge in [-0.15, -0.1) is 22.7 Å². The molecule has 3 rings (SSSR count). The number of aryl methyl sites for hydroxylation is 1. The Bertz CT molecular complexity index is 1120. The zero-order valence-electron chi connectivity index (χ0n) is 16.0. The van der Waals surface area contributed by atoms with Crippen molar-refractivity contribution in [3.8, 4) is 0 Å². The lowest BCUT2D eigenvalue weighted by Gasteiger charge is -2.08. The number of rotatable bonds is 9. The molecule has 7 nitrogen and oxygen atoms in total. The number of benzene rings is 1. The summed E-state index contributed by atoms with van der Waals surface area (Å²) in [5.41, 5.74) is 0.950. The van der Waals surface area contributed by atoms with Crippen LogP contribution in [0.4, 0.5) is 5.69 Å². The number of nitrogens with one attached hydrogen (secondary N) is 2. The molecule has 1 aromatic carbocycles. The second kappa shape index (κ2) is 9.98. The quantitative estimate of drug-likeness (QED) is 0.451. The van der Waals surface area contributed by atoms with Crippen LogP contribution in [0.5, 0.6) is 0 Å². The van der Waals surface area contributed by atoms with Crippen LogP contribution in [0.1, 0.15) is 33.0 Å². The number of primary sulfonamides is 1. The standard InChI is InChI=1S/C20H21N3O4S3/c21-30(26,27)19-10-9-17(29-19)13-22-20(25)14-4-1-5-15(12-14)23-18(24)8-2-6-16-7-3-11-28-16/h1,3-5,7,9-12H,2,6,8,13H2,(H,22,25)(H,23,24)(H2,21,26,27). The molecule has 0 saturated heterocycles. The number of hydrogen-bond acceptors (Lipinski definition) is 6. The van der Waals surface area contributed by atoms with Crippen molar-refractivity contribution in [2.75, 3.05) is 5.32 Å². The highest BCUT2D eigenvalue weighted by Gasteiger charge is 2.13. The number of amides is 2. The largest absolute Gasteiger partial charge is 0.347 e. The van der Waals surface area contributed by atoms with E-state index in [0.29, 0.717) is 22.5 Å². The van der Waals surface area contributed by atoms with Gasteiger partial charge in [0.05, 0.1) is 6.54 Å². The van der Waals surface area contributed by atoms with E-state index in [1.165, 1.54) is 10.9 Å². The summed E-state index contributed by atoms with van der Waals surface area (Å²) >= 11 is 2.69. The molecule has 0 bridgehead atoms. The molecule has 158 valence electrons. The molecule has 0 radical (unpaired) electrons. The summed E-state index contributed by atoms with van der Waals surface area (Å²) in [6.45, 7) is 0.179. The van der Waals surface area contributed by atoms with Gasteiger partial charge in [0.1, 0.15) is 4.21 Å². The summed E-state index contributed by atoms with van der Waals surface area (Å²) in [6.07, 6.45) is 2.02. The van der Waals surface area contributed by atoms with Crippen LogP contribution in [0, 0.1) is 0 Å². The maximum absolute atomic E-state index is 12.4. The van der Waals surface area contributed by atoms with Crippen molar-refractivity contribution in [1.29, 1.82) is 0 Å². The molecule has 0 saturated carbocycles. The smallest absolute Gasteiger partial charge is 0.251 e. The van der Waals surface area contributed by atoms with Gasteiger partial charge in [0.25, 0.3) is 5.91 Å². The highest BCUT2D eigenvalue weighted by Crippen LogP contribution is 2.20. The lowest BCUT2D eigenvalue weighted by Crippen LogP contribution is -2.22. The Kier molecular flexibility index (Phi) is 7.38. The second-order valence-electron chi connectivity index (χ2n) is 6.51. The first-order valence-electron chi connectivity index (χ1n) is 9.13. The first kappa shape index (κ1) is 22.2. The van der Waals surface area contributed by atoms with Crippen molar-refractivity contribution in [3.63, 3.8) is 0 Å². The van der Waals surface area contributed by atoms with E-state index in [2.05, 4.69) is 16.7 Å². The summed E-state index contributed by atoms with van der Waals surface area (Å²) in [6, 6.07) is 13.7. The summed E-state index contributed by atoms with van der Waals surface area (Å²) in [5.74, 6) is -0.424. The minimum atomic E-state index is -3.74. The Morgan fingerprint density at radius 2 is 1.87 bits per heavy atom. The van der Waals surface area contributed by atoms with E-state index in [0.717, 1.165) is 24.2 Å². The molecule has 0 aliphatic heterocycles. The Morgan fingerprint density at radius 3 is 2.57 bits per heavy atom. The fraction of sp³-hybridized carbons (Fsp3) is 0.200. The second-order valence-corrected chi connectivity index (χ2v) is 10.5. The van der Waals surface area contributed by atoms with E-state index in [1.54, 1.807) is 41.7 Å². The van der Waals surface area contributed by atoms with Crippen LogP contribution in [0.2, 0.25) is 0 Å². The van der Waals surface area contributed by atoms with Crippen LogP contribution < -0.4 is 15.8 Å². The fourth-order valence-corrected chi connectivity index (χ4v) is 5.18. The summed E-state index contributed by atoms with van der Waals surface area (Å²) in [7, 11) is -3.74.